The predicted octanol–water partition coefficient (Wildman–Crippen LogP) is 3.71. The van der Waals surface area contributed by atoms with Gasteiger partial charge in [0.1, 0.15) is 23.3 Å². The van der Waals surface area contributed by atoms with Crippen LogP contribution in [0.2, 0.25) is 0 Å². The second kappa shape index (κ2) is 8.66. The summed E-state index contributed by atoms with van der Waals surface area (Å²) in [5, 5.41) is 5.78. The average molecular weight is 429 g/mol. The van der Waals surface area contributed by atoms with Gasteiger partial charge in [0.25, 0.3) is 0 Å². The first-order valence-electron chi connectivity index (χ1n) is 9.85. The fourth-order valence-electron chi connectivity index (χ4n) is 3.43. The molecule has 1 saturated heterocycles. The van der Waals surface area contributed by atoms with Crippen molar-refractivity contribution in [2.75, 3.05) is 53.7 Å². The van der Waals surface area contributed by atoms with Gasteiger partial charge in [-0.2, -0.15) is 9.97 Å². The second-order valence-corrected chi connectivity index (χ2v) is 7.13. The van der Waals surface area contributed by atoms with Gasteiger partial charge in [-0.25, -0.2) is 18.2 Å². The molecule has 7 nitrogen and oxygen atoms in total. The Morgan fingerprint density at radius 1 is 0.871 bits per heavy atom. The van der Waals surface area contributed by atoms with Crippen molar-refractivity contribution >= 4 is 29.1 Å². The van der Waals surface area contributed by atoms with Crippen molar-refractivity contribution in [2.24, 2.45) is 0 Å². The molecule has 1 fully saturated rings. The fourth-order valence-corrected chi connectivity index (χ4v) is 3.43. The van der Waals surface area contributed by atoms with E-state index in [1.807, 2.05) is 23.1 Å². The van der Waals surface area contributed by atoms with Crippen LogP contribution in [0.3, 0.4) is 0 Å². The molecule has 0 bridgehead atoms. The van der Waals surface area contributed by atoms with Gasteiger partial charge in [-0.3, -0.25) is 0 Å². The maximum absolute atomic E-state index is 14.1. The molecule has 10 heteroatoms. The molecule has 1 aliphatic heterocycles. The Morgan fingerprint density at radius 3 is 2.23 bits per heavy atom. The molecule has 162 valence electrons. The minimum atomic E-state index is -1.25. The van der Waals surface area contributed by atoms with Gasteiger partial charge in [0.05, 0.1) is 5.69 Å². The molecule has 3 heterocycles. The maximum atomic E-state index is 14.1. The first-order chi connectivity index (χ1) is 15.0. The fraction of sp³-hybridized carbons (Fsp3) is 0.286. The number of benzene rings is 1. The van der Waals surface area contributed by atoms with Crippen LogP contribution in [0.25, 0.3) is 0 Å². The van der Waals surface area contributed by atoms with Crippen molar-refractivity contribution in [3.05, 3.63) is 59.5 Å². The lowest BCUT2D eigenvalue weighted by molar-refractivity contribution is 0.496. The normalized spacial score (nSPS) is 14.0. The molecule has 2 aromatic heterocycles. The second-order valence-electron chi connectivity index (χ2n) is 7.13. The molecule has 0 unspecified atom stereocenters. The Labute approximate surface area is 178 Å². The van der Waals surface area contributed by atoms with Crippen molar-refractivity contribution in [2.45, 2.75) is 6.92 Å². The van der Waals surface area contributed by atoms with E-state index in [9.17, 15) is 13.2 Å². The zero-order chi connectivity index (χ0) is 22.0. The summed E-state index contributed by atoms with van der Waals surface area (Å²) in [6.45, 7) is 4.58. The highest BCUT2D eigenvalue weighted by atomic mass is 19.2. The van der Waals surface area contributed by atoms with Crippen LogP contribution in [0, 0.1) is 24.4 Å². The van der Waals surface area contributed by atoms with Gasteiger partial charge in [0.15, 0.2) is 11.6 Å². The van der Waals surface area contributed by atoms with Gasteiger partial charge in [-0.1, -0.05) is 6.07 Å². The molecule has 31 heavy (non-hydrogen) atoms. The van der Waals surface area contributed by atoms with Crippen LogP contribution >= 0.6 is 0 Å². The number of nitrogens with one attached hydrogen (secondary N) is 2. The Kier molecular flexibility index (Phi) is 5.79. The zero-order valence-corrected chi connectivity index (χ0v) is 17.2. The van der Waals surface area contributed by atoms with Crippen molar-refractivity contribution in [3.63, 3.8) is 0 Å². The van der Waals surface area contributed by atoms with Crippen molar-refractivity contribution in [3.8, 4) is 0 Å². The number of halogens is 3. The highest BCUT2D eigenvalue weighted by Crippen LogP contribution is 2.29. The van der Waals surface area contributed by atoms with Crippen LogP contribution in [0.4, 0.5) is 42.3 Å². The van der Waals surface area contributed by atoms with E-state index in [1.54, 1.807) is 20.2 Å². The minimum absolute atomic E-state index is 0.200. The Balaban J connectivity index is 1.58. The van der Waals surface area contributed by atoms with E-state index in [1.165, 1.54) is 0 Å². The largest absolute Gasteiger partial charge is 0.373 e. The summed E-state index contributed by atoms with van der Waals surface area (Å²) >= 11 is 0. The number of hydrogen-bond donors (Lipinski definition) is 2. The van der Waals surface area contributed by atoms with Gasteiger partial charge in [-0.15, -0.1) is 0 Å². The topological polar surface area (TPSA) is 69.2 Å². The molecule has 0 amide bonds. The average Bonchev–Trinajstić information content (AvgIpc) is 2.79. The van der Waals surface area contributed by atoms with Crippen LogP contribution in [-0.2, 0) is 0 Å². The number of pyridine rings is 1. The molecule has 0 spiro atoms. The number of nitrogens with zero attached hydrogens (tertiary/aromatic N) is 5. The van der Waals surface area contributed by atoms with Crippen LogP contribution in [0.1, 0.15) is 5.56 Å². The van der Waals surface area contributed by atoms with Gasteiger partial charge < -0.3 is 20.4 Å². The summed E-state index contributed by atoms with van der Waals surface area (Å²) in [6.07, 6.45) is 1.76. The van der Waals surface area contributed by atoms with Gasteiger partial charge >= 0.3 is 0 Å². The van der Waals surface area contributed by atoms with E-state index < -0.39 is 17.5 Å². The summed E-state index contributed by atoms with van der Waals surface area (Å²) < 4.78 is 41.0. The maximum Gasteiger partial charge on any atom is 0.229 e. The highest BCUT2D eigenvalue weighted by molar-refractivity contribution is 5.67. The lowest BCUT2D eigenvalue weighted by Crippen LogP contribution is -2.47. The SMILES string of the molecule is CNc1nc(N2CCN(c3ccccn3)CC2)nc(Nc2cc(F)c(F)cc2F)c1C. The van der Waals surface area contributed by atoms with Crippen LogP contribution in [-0.4, -0.2) is 48.2 Å². The summed E-state index contributed by atoms with van der Waals surface area (Å²) in [6, 6.07) is 7.08. The highest BCUT2D eigenvalue weighted by Gasteiger charge is 2.22. The Bertz CT molecular complexity index is 1070. The number of piperazine rings is 1. The Morgan fingerprint density at radius 2 is 1.55 bits per heavy atom. The minimum Gasteiger partial charge on any atom is -0.373 e. The molecule has 4 rings (SSSR count). The third-order valence-electron chi connectivity index (χ3n) is 5.17. The van der Waals surface area contributed by atoms with Crippen LogP contribution < -0.4 is 20.4 Å². The zero-order valence-electron chi connectivity index (χ0n) is 17.2. The third kappa shape index (κ3) is 4.32. The molecular formula is C21H22F3N7. The summed E-state index contributed by atoms with van der Waals surface area (Å²) in [4.78, 5) is 17.7. The molecule has 0 radical (unpaired) electrons. The molecular weight excluding hydrogens is 407 g/mol. The van der Waals surface area contributed by atoms with Gasteiger partial charge in [0, 0.05) is 57.1 Å². The van der Waals surface area contributed by atoms with Crippen molar-refractivity contribution < 1.29 is 13.2 Å². The summed E-state index contributed by atoms with van der Waals surface area (Å²) in [5.41, 5.74) is 0.427. The molecule has 2 N–H and O–H groups in total. The van der Waals surface area contributed by atoms with E-state index in [4.69, 9.17) is 0 Å². The number of rotatable bonds is 5. The van der Waals surface area contributed by atoms with E-state index in [-0.39, 0.29) is 5.69 Å². The molecule has 0 saturated carbocycles. The van der Waals surface area contributed by atoms with Crippen LogP contribution in [0.15, 0.2) is 36.5 Å². The standard InChI is InChI=1S/C21H22F3N7/c1-13-19(25-2)28-21(29-20(13)27-17-12-15(23)14(22)11-16(17)24)31-9-7-30(8-10-31)18-5-3-4-6-26-18/h3-6,11-12H,7-10H2,1-2H3,(H2,25,27,28,29). The monoisotopic (exact) mass is 429 g/mol. The van der Waals surface area contributed by atoms with E-state index in [0.29, 0.717) is 42.3 Å². The molecule has 0 atom stereocenters. The summed E-state index contributed by atoms with van der Waals surface area (Å²) in [5.74, 6) is -1.05. The number of aromatic nitrogens is 3. The predicted molar refractivity (Wildman–Crippen MR) is 115 cm³/mol. The Hall–Kier alpha value is -3.56. The lowest BCUT2D eigenvalue weighted by Gasteiger charge is -2.35. The van der Waals surface area contributed by atoms with Gasteiger partial charge in [-0.05, 0) is 19.1 Å². The number of anilines is 5. The smallest absolute Gasteiger partial charge is 0.229 e. The lowest BCUT2D eigenvalue weighted by atomic mass is 10.2. The van der Waals surface area contributed by atoms with Crippen molar-refractivity contribution in [1.82, 2.24) is 15.0 Å². The summed E-state index contributed by atoms with van der Waals surface area (Å²) in [7, 11) is 1.72. The van der Waals surface area contributed by atoms with Crippen molar-refractivity contribution in [1.29, 1.82) is 0 Å². The van der Waals surface area contributed by atoms with E-state index >= 15 is 0 Å². The number of hydrogen-bond acceptors (Lipinski definition) is 7. The molecule has 1 aliphatic rings. The van der Waals surface area contributed by atoms with Crippen LogP contribution in [0.5, 0.6) is 0 Å². The van der Waals surface area contributed by atoms with E-state index in [2.05, 4.69) is 30.5 Å². The van der Waals surface area contributed by atoms with Gasteiger partial charge in [0.2, 0.25) is 5.95 Å². The first kappa shape index (κ1) is 20.7. The quantitative estimate of drug-likeness (QED) is 0.600. The molecule has 1 aromatic carbocycles. The first-order valence-corrected chi connectivity index (χ1v) is 9.85. The molecule has 3 aromatic rings. The third-order valence-corrected chi connectivity index (χ3v) is 5.17. The van der Waals surface area contributed by atoms with E-state index in [0.717, 1.165) is 25.0 Å². The molecule has 0 aliphatic carbocycles.